The number of rotatable bonds is 8. The van der Waals surface area contributed by atoms with Gasteiger partial charge in [0.25, 0.3) is 0 Å². The van der Waals surface area contributed by atoms with Crippen molar-refractivity contribution in [2.45, 2.75) is 33.2 Å². The lowest BCUT2D eigenvalue weighted by Gasteiger charge is -2.11. The molecule has 138 valence electrons. The monoisotopic (exact) mass is 415 g/mol. The number of halogens is 1. The number of pyridine rings is 1. The van der Waals surface area contributed by atoms with Crippen molar-refractivity contribution >= 4 is 21.6 Å². The second-order valence-corrected chi connectivity index (χ2v) is 7.84. The highest BCUT2D eigenvalue weighted by atomic mass is 79.9. The smallest absolute Gasteiger partial charge is 0.137 e. The number of ether oxygens (including phenoxy) is 1. The van der Waals surface area contributed by atoms with Gasteiger partial charge < -0.3 is 14.5 Å². The molecule has 4 nitrogen and oxygen atoms in total. The number of benzene rings is 1. The van der Waals surface area contributed by atoms with E-state index in [1.165, 1.54) is 12.1 Å². The van der Waals surface area contributed by atoms with Crippen LogP contribution in [0, 0.1) is 5.92 Å². The van der Waals surface area contributed by atoms with Crippen molar-refractivity contribution in [1.82, 2.24) is 14.7 Å². The summed E-state index contributed by atoms with van der Waals surface area (Å²) in [6.07, 6.45) is 4.02. The summed E-state index contributed by atoms with van der Waals surface area (Å²) in [6.45, 7) is 6.28. The molecule has 0 bridgehead atoms. The lowest BCUT2D eigenvalue weighted by molar-refractivity contribution is 0.410. The van der Waals surface area contributed by atoms with Gasteiger partial charge >= 0.3 is 0 Å². The summed E-state index contributed by atoms with van der Waals surface area (Å²) in [5.74, 6) is 1.60. The van der Waals surface area contributed by atoms with Crippen LogP contribution in [0.25, 0.3) is 5.65 Å². The van der Waals surface area contributed by atoms with Crippen molar-refractivity contribution in [2.24, 2.45) is 5.92 Å². The molecule has 3 aromatic rings. The molecule has 26 heavy (non-hydrogen) atoms. The molecule has 0 atom stereocenters. The highest BCUT2D eigenvalue weighted by Crippen LogP contribution is 2.27. The Hall–Kier alpha value is -1.85. The standard InChI is InChI=1S/C21H26BrN3O/c1-15(2)9-10-23-14-18-19(25-11-5-4-6-21(25)24-18)13-16-12-17(22)7-8-20(16)26-3/h4-8,11-12,15,23H,9-10,13-14H2,1-3H3. The second-order valence-electron chi connectivity index (χ2n) is 6.93. The fourth-order valence-electron chi connectivity index (χ4n) is 3.09. The number of nitrogens with one attached hydrogen (secondary N) is 1. The molecule has 0 unspecified atom stereocenters. The van der Waals surface area contributed by atoms with Gasteiger partial charge in [0, 0.05) is 29.2 Å². The number of hydrogen-bond donors (Lipinski definition) is 1. The van der Waals surface area contributed by atoms with E-state index in [9.17, 15) is 0 Å². The van der Waals surface area contributed by atoms with Gasteiger partial charge in [-0.15, -0.1) is 0 Å². The summed E-state index contributed by atoms with van der Waals surface area (Å²) >= 11 is 3.57. The van der Waals surface area contributed by atoms with Crippen LogP contribution in [0.2, 0.25) is 0 Å². The van der Waals surface area contributed by atoms with Gasteiger partial charge in [-0.05, 0) is 49.2 Å². The number of imidazole rings is 1. The summed E-state index contributed by atoms with van der Waals surface area (Å²) in [5.41, 5.74) is 4.43. The summed E-state index contributed by atoms with van der Waals surface area (Å²) in [7, 11) is 1.72. The third-order valence-electron chi connectivity index (χ3n) is 4.50. The third-order valence-corrected chi connectivity index (χ3v) is 5.00. The van der Waals surface area contributed by atoms with Gasteiger partial charge in [0.05, 0.1) is 18.5 Å². The number of nitrogens with zero attached hydrogens (tertiary/aromatic N) is 2. The van der Waals surface area contributed by atoms with E-state index < -0.39 is 0 Å². The van der Waals surface area contributed by atoms with Gasteiger partial charge in [-0.2, -0.15) is 0 Å². The Kier molecular flexibility index (Phi) is 6.33. The Morgan fingerprint density at radius 3 is 2.85 bits per heavy atom. The van der Waals surface area contributed by atoms with Gasteiger partial charge in [-0.1, -0.05) is 35.8 Å². The van der Waals surface area contributed by atoms with Crippen molar-refractivity contribution in [3.63, 3.8) is 0 Å². The Morgan fingerprint density at radius 2 is 2.08 bits per heavy atom. The van der Waals surface area contributed by atoms with Gasteiger partial charge in [0.1, 0.15) is 11.4 Å². The Labute approximate surface area is 163 Å². The van der Waals surface area contributed by atoms with Gasteiger partial charge in [0.2, 0.25) is 0 Å². The maximum absolute atomic E-state index is 5.56. The molecule has 0 aliphatic rings. The van der Waals surface area contributed by atoms with E-state index in [2.05, 4.69) is 57.8 Å². The molecule has 0 saturated carbocycles. The second kappa shape index (κ2) is 8.69. The average Bonchev–Trinajstić information content (AvgIpc) is 2.96. The Balaban J connectivity index is 1.90. The predicted molar refractivity (Wildman–Crippen MR) is 110 cm³/mol. The van der Waals surface area contributed by atoms with Gasteiger partial charge in [-0.25, -0.2) is 4.98 Å². The first-order valence-electron chi connectivity index (χ1n) is 9.06. The van der Waals surface area contributed by atoms with Crippen molar-refractivity contribution in [3.8, 4) is 5.75 Å². The SMILES string of the molecule is COc1ccc(Br)cc1Cc1c(CNCCC(C)C)nc2ccccn12. The van der Waals surface area contributed by atoms with Crippen LogP contribution in [0.3, 0.4) is 0 Å². The molecule has 0 saturated heterocycles. The summed E-state index contributed by atoms with van der Waals surface area (Å²) < 4.78 is 8.79. The minimum absolute atomic E-state index is 0.703. The zero-order valence-corrected chi connectivity index (χ0v) is 17.2. The highest BCUT2D eigenvalue weighted by Gasteiger charge is 2.15. The lowest BCUT2D eigenvalue weighted by Crippen LogP contribution is -2.17. The largest absolute Gasteiger partial charge is 0.496 e. The van der Waals surface area contributed by atoms with E-state index in [1.54, 1.807) is 7.11 Å². The lowest BCUT2D eigenvalue weighted by atomic mass is 10.1. The minimum atomic E-state index is 0.703. The first-order valence-corrected chi connectivity index (χ1v) is 9.85. The fourth-order valence-corrected chi connectivity index (χ4v) is 3.50. The molecule has 0 spiro atoms. The van der Waals surface area contributed by atoms with E-state index >= 15 is 0 Å². The summed E-state index contributed by atoms with van der Waals surface area (Å²) in [5, 5.41) is 3.54. The zero-order valence-electron chi connectivity index (χ0n) is 15.6. The van der Waals surface area contributed by atoms with Gasteiger partial charge in [0.15, 0.2) is 0 Å². The molecule has 0 aliphatic heterocycles. The van der Waals surface area contributed by atoms with Crippen LogP contribution in [0.1, 0.15) is 37.2 Å². The minimum Gasteiger partial charge on any atom is -0.496 e. The van der Waals surface area contributed by atoms with Crippen LogP contribution in [0.4, 0.5) is 0 Å². The average molecular weight is 416 g/mol. The van der Waals surface area contributed by atoms with Crippen LogP contribution >= 0.6 is 15.9 Å². The highest BCUT2D eigenvalue weighted by molar-refractivity contribution is 9.10. The predicted octanol–water partition coefficient (Wildman–Crippen LogP) is 4.83. The maximum Gasteiger partial charge on any atom is 0.137 e. The van der Waals surface area contributed by atoms with Crippen LogP contribution in [0.5, 0.6) is 5.75 Å². The molecule has 2 heterocycles. The Morgan fingerprint density at radius 1 is 1.23 bits per heavy atom. The first kappa shape index (κ1) is 18.9. The van der Waals surface area contributed by atoms with Crippen LogP contribution in [-0.4, -0.2) is 23.0 Å². The van der Waals surface area contributed by atoms with Crippen LogP contribution < -0.4 is 10.1 Å². The molecule has 0 radical (unpaired) electrons. The molecule has 0 amide bonds. The molecule has 0 fully saturated rings. The normalized spacial score (nSPS) is 11.4. The molecule has 1 N–H and O–H groups in total. The van der Waals surface area contributed by atoms with Crippen molar-refractivity contribution in [2.75, 3.05) is 13.7 Å². The number of fused-ring (bicyclic) bond motifs is 1. The van der Waals surface area contributed by atoms with E-state index in [0.29, 0.717) is 5.92 Å². The molecular formula is C21H26BrN3O. The molecule has 0 aliphatic carbocycles. The topological polar surface area (TPSA) is 38.6 Å². The maximum atomic E-state index is 5.56. The van der Waals surface area contributed by atoms with Crippen LogP contribution in [-0.2, 0) is 13.0 Å². The molecular weight excluding hydrogens is 390 g/mol. The summed E-state index contributed by atoms with van der Waals surface area (Å²) in [6, 6.07) is 12.3. The molecule has 3 rings (SSSR count). The van der Waals surface area contributed by atoms with Crippen molar-refractivity contribution in [1.29, 1.82) is 0 Å². The number of aromatic nitrogens is 2. The van der Waals surface area contributed by atoms with E-state index in [1.807, 2.05) is 24.3 Å². The molecule has 2 aromatic heterocycles. The van der Waals surface area contributed by atoms with E-state index in [-0.39, 0.29) is 0 Å². The van der Waals surface area contributed by atoms with E-state index in [4.69, 9.17) is 9.72 Å². The fraction of sp³-hybridized carbons (Fsp3) is 0.381. The third kappa shape index (κ3) is 4.46. The number of hydrogen-bond acceptors (Lipinski definition) is 3. The Bertz CT molecular complexity index is 873. The van der Waals surface area contributed by atoms with Crippen LogP contribution in [0.15, 0.2) is 47.1 Å². The van der Waals surface area contributed by atoms with E-state index in [0.717, 1.165) is 46.6 Å². The first-order chi connectivity index (χ1) is 12.6. The van der Waals surface area contributed by atoms with Gasteiger partial charge in [-0.3, -0.25) is 0 Å². The molecule has 1 aromatic carbocycles. The van der Waals surface area contributed by atoms with Crippen molar-refractivity contribution < 1.29 is 4.74 Å². The number of methoxy groups -OCH3 is 1. The quantitative estimate of drug-likeness (QED) is 0.535. The van der Waals surface area contributed by atoms with Crippen molar-refractivity contribution in [3.05, 3.63) is 64.0 Å². The summed E-state index contributed by atoms with van der Waals surface area (Å²) in [4.78, 5) is 4.85. The zero-order chi connectivity index (χ0) is 18.5. The molecule has 5 heteroatoms.